The number of hydrogen-bond acceptors (Lipinski definition) is 6. The lowest BCUT2D eigenvalue weighted by molar-refractivity contribution is 0.149. The molecule has 0 aliphatic rings. The number of nitrogens with zero attached hydrogens (tertiary/aromatic N) is 4. The van der Waals surface area contributed by atoms with E-state index in [4.69, 9.17) is 16.2 Å². The van der Waals surface area contributed by atoms with Crippen molar-refractivity contribution in [2.45, 2.75) is 18.4 Å². The van der Waals surface area contributed by atoms with Gasteiger partial charge in [0, 0.05) is 17.8 Å². The fourth-order valence-electron chi connectivity index (χ4n) is 2.44. The average molecular weight is 425 g/mol. The van der Waals surface area contributed by atoms with Gasteiger partial charge in [0.25, 0.3) is 5.56 Å². The number of rotatable bonds is 6. The Labute approximate surface area is 165 Å². The first-order valence-electron chi connectivity index (χ1n) is 7.93. The number of benzene rings is 1. The van der Waals surface area contributed by atoms with E-state index in [9.17, 15) is 18.5 Å². The Kier molecular flexibility index (Phi) is 6.25. The molecule has 0 fully saturated rings. The molecule has 1 aromatic carbocycles. The minimum Gasteiger partial charge on any atom is -0.386 e. The van der Waals surface area contributed by atoms with E-state index in [0.717, 1.165) is 10.7 Å². The van der Waals surface area contributed by atoms with E-state index < -0.39 is 28.6 Å². The van der Waals surface area contributed by atoms with Gasteiger partial charge in [0.05, 0.1) is 29.6 Å². The highest BCUT2D eigenvalue weighted by atomic mass is 35.5. The number of halogens is 2. The summed E-state index contributed by atoms with van der Waals surface area (Å²) < 4.78 is 34.4. The highest BCUT2D eigenvalue weighted by Gasteiger charge is 2.13. The third-order valence-corrected chi connectivity index (χ3v) is 4.61. The van der Waals surface area contributed by atoms with Gasteiger partial charge in [0.1, 0.15) is 17.4 Å². The molecule has 2 atom stereocenters. The zero-order valence-corrected chi connectivity index (χ0v) is 15.8. The van der Waals surface area contributed by atoms with Gasteiger partial charge in [-0.3, -0.25) is 4.79 Å². The van der Waals surface area contributed by atoms with E-state index in [0.29, 0.717) is 11.3 Å². The van der Waals surface area contributed by atoms with Crippen molar-refractivity contribution in [1.82, 2.24) is 19.7 Å². The predicted octanol–water partition coefficient (Wildman–Crippen LogP) is 1.95. The molecule has 2 heterocycles. The molecule has 11 heteroatoms. The molecule has 2 N–H and O–H groups in total. The van der Waals surface area contributed by atoms with Crippen LogP contribution in [0.25, 0.3) is 11.3 Å². The zero-order chi connectivity index (χ0) is 20.3. The van der Waals surface area contributed by atoms with Crippen molar-refractivity contribution in [3.63, 3.8) is 0 Å². The summed E-state index contributed by atoms with van der Waals surface area (Å²) in [6.45, 7) is -0.182. The van der Waals surface area contributed by atoms with Gasteiger partial charge in [-0.15, -0.1) is 0 Å². The molecule has 8 nitrogen and oxygen atoms in total. The molecule has 0 radical (unpaired) electrons. The monoisotopic (exact) mass is 424 g/mol. The average Bonchev–Trinajstić information content (AvgIpc) is 2.65. The molecular formula is C17H14ClFN4O4S. The smallest absolute Gasteiger partial charge is 0.267 e. The van der Waals surface area contributed by atoms with Crippen LogP contribution in [0.15, 0.2) is 47.5 Å². The van der Waals surface area contributed by atoms with Crippen molar-refractivity contribution in [2.24, 2.45) is 0 Å². The van der Waals surface area contributed by atoms with Gasteiger partial charge in [-0.25, -0.2) is 23.2 Å². The van der Waals surface area contributed by atoms with Gasteiger partial charge in [-0.1, -0.05) is 17.7 Å². The summed E-state index contributed by atoms with van der Waals surface area (Å²) in [6, 6.07) is 6.68. The van der Waals surface area contributed by atoms with E-state index >= 15 is 0 Å². The Morgan fingerprint density at radius 1 is 1.29 bits per heavy atom. The van der Waals surface area contributed by atoms with Gasteiger partial charge in [-0.05, 0) is 23.8 Å². The van der Waals surface area contributed by atoms with Crippen LogP contribution < -0.4 is 5.56 Å². The second-order valence-corrected chi connectivity index (χ2v) is 7.12. The minimum absolute atomic E-state index is 0.0650. The summed E-state index contributed by atoms with van der Waals surface area (Å²) in [7, 11) is 0. The lowest BCUT2D eigenvalue weighted by atomic mass is 10.1. The van der Waals surface area contributed by atoms with Crippen LogP contribution in [0.3, 0.4) is 0 Å². The van der Waals surface area contributed by atoms with Gasteiger partial charge >= 0.3 is 0 Å². The lowest BCUT2D eigenvalue weighted by Gasteiger charge is -2.13. The molecule has 0 aliphatic heterocycles. The first kappa shape index (κ1) is 20.2. The molecule has 146 valence electrons. The number of aliphatic hydroxyl groups excluding tert-OH is 1. The van der Waals surface area contributed by atoms with Crippen LogP contribution in [-0.4, -0.2) is 33.6 Å². The number of aliphatic hydroxyl groups is 1. The molecule has 2 aromatic heterocycles. The standard InChI is InChI=1S/C17H14ClFN4O4S/c18-12-2-1-10(5-13(12)19)15(24)8-23-17(25)6-11(7-21-23)14-3-4-20-16(22-14)9-28(26)27/h1-7,15,24H,8-9H2,(H,26,27)/t15-/m0/s1. The van der Waals surface area contributed by atoms with Crippen molar-refractivity contribution >= 4 is 22.7 Å². The SMILES string of the molecule is O=c1cc(-c2ccnc(CS(=O)O)n2)cnn1C[C@H](O)c1ccc(Cl)c(F)c1. The predicted molar refractivity (Wildman–Crippen MR) is 100 cm³/mol. The molecule has 0 saturated heterocycles. The maximum Gasteiger partial charge on any atom is 0.267 e. The second kappa shape index (κ2) is 8.65. The molecule has 3 rings (SSSR count). The summed E-state index contributed by atoms with van der Waals surface area (Å²) in [6.07, 6.45) is 1.63. The van der Waals surface area contributed by atoms with E-state index in [-0.39, 0.29) is 28.7 Å². The van der Waals surface area contributed by atoms with E-state index in [1.54, 1.807) is 0 Å². The maximum atomic E-state index is 13.5. The Morgan fingerprint density at radius 2 is 2.07 bits per heavy atom. The fraction of sp³-hybridized carbons (Fsp3) is 0.176. The molecule has 0 spiro atoms. The van der Waals surface area contributed by atoms with Gasteiger partial charge < -0.3 is 9.66 Å². The Bertz CT molecular complexity index is 1090. The van der Waals surface area contributed by atoms with Crippen molar-refractivity contribution in [1.29, 1.82) is 0 Å². The van der Waals surface area contributed by atoms with Crippen LogP contribution >= 0.6 is 11.6 Å². The Morgan fingerprint density at radius 3 is 2.75 bits per heavy atom. The first-order valence-corrected chi connectivity index (χ1v) is 9.59. The summed E-state index contributed by atoms with van der Waals surface area (Å²) in [5.41, 5.74) is 0.516. The van der Waals surface area contributed by atoms with Crippen LogP contribution in [0.4, 0.5) is 4.39 Å². The second-order valence-electron chi connectivity index (χ2n) is 5.78. The first-order chi connectivity index (χ1) is 13.3. The maximum absolute atomic E-state index is 13.5. The van der Waals surface area contributed by atoms with Gasteiger partial charge in [0.2, 0.25) is 0 Å². The van der Waals surface area contributed by atoms with Crippen LogP contribution in [0, 0.1) is 5.82 Å². The molecule has 3 aromatic rings. The molecule has 1 unspecified atom stereocenters. The largest absolute Gasteiger partial charge is 0.386 e. The highest BCUT2D eigenvalue weighted by molar-refractivity contribution is 7.78. The summed E-state index contributed by atoms with van der Waals surface area (Å²) >= 11 is 3.53. The van der Waals surface area contributed by atoms with E-state index in [1.165, 1.54) is 36.7 Å². The van der Waals surface area contributed by atoms with Crippen LogP contribution in [0.1, 0.15) is 17.5 Å². The molecule has 0 amide bonds. The van der Waals surface area contributed by atoms with Gasteiger partial charge in [0.15, 0.2) is 11.1 Å². The molecule has 28 heavy (non-hydrogen) atoms. The number of hydrogen-bond donors (Lipinski definition) is 2. The van der Waals surface area contributed by atoms with Crippen molar-refractivity contribution < 1.29 is 18.3 Å². The molecular weight excluding hydrogens is 411 g/mol. The third kappa shape index (κ3) is 4.84. The molecule has 0 saturated carbocycles. The van der Waals surface area contributed by atoms with E-state index in [2.05, 4.69) is 15.1 Å². The lowest BCUT2D eigenvalue weighted by Crippen LogP contribution is -2.25. The minimum atomic E-state index is -2.09. The quantitative estimate of drug-likeness (QED) is 0.580. The van der Waals surface area contributed by atoms with E-state index in [1.807, 2.05) is 0 Å². The summed E-state index contributed by atoms with van der Waals surface area (Å²) in [4.78, 5) is 20.3. The fourth-order valence-corrected chi connectivity index (χ4v) is 2.92. The van der Waals surface area contributed by atoms with Crippen molar-refractivity contribution in [3.8, 4) is 11.3 Å². The molecule has 0 bridgehead atoms. The Balaban J connectivity index is 1.81. The highest BCUT2D eigenvalue weighted by Crippen LogP contribution is 2.21. The molecule has 0 aliphatic carbocycles. The number of aromatic nitrogens is 4. The van der Waals surface area contributed by atoms with Crippen molar-refractivity contribution in [3.05, 3.63) is 75.3 Å². The topological polar surface area (TPSA) is 118 Å². The van der Waals surface area contributed by atoms with Crippen molar-refractivity contribution in [2.75, 3.05) is 0 Å². The van der Waals surface area contributed by atoms with Crippen LogP contribution in [0.2, 0.25) is 5.02 Å². The Hall–Kier alpha value is -2.53. The summed E-state index contributed by atoms with van der Waals surface area (Å²) in [5, 5.41) is 14.2. The van der Waals surface area contributed by atoms with Gasteiger partial charge in [-0.2, -0.15) is 5.10 Å². The van der Waals surface area contributed by atoms with Crippen LogP contribution in [-0.2, 0) is 23.4 Å². The summed E-state index contributed by atoms with van der Waals surface area (Å²) in [5.74, 6) is -0.748. The van der Waals surface area contributed by atoms with Crippen LogP contribution in [0.5, 0.6) is 0 Å². The third-order valence-electron chi connectivity index (χ3n) is 3.80. The zero-order valence-electron chi connectivity index (χ0n) is 14.2. The normalized spacial score (nSPS) is 13.3.